The predicted molar refractivity (Wildman–Crippen MR) is 108 cm³/mol. The van der Waals surface area contributed by atoms with Crippen LogP contribution in [0.25, 0.3) is 11.3 Å². The van der Waals surface area contributed by atoms with Crippen molar-refractivity contribution in [1.29, 1.82) is 0 Å². The van der Waals surface area contributed by atoms with Crippen molar-refractivity contribution in [1.82, 2.24) is 9.97 Å². The van der Waals surface area contributed by atoms with Gasteiger partial charge in [-0.3, -0.25) is 0 Å². The van der Waals surface area contributed by atoms with Crippen LogP contribution in [0.15, 0.2) is 54.7 Å². The van der Waals surface area contributed by atoms with E-state index in [4.69, 9.17) is 5.73 Å². The van der Waals surface area contributed by atoms with Crippen LogP contribution in [0.4, 0.5) is 10.3 Å². The lowest BCUT2D eigenvalue weighted by atomic mass is 10.0. The maximum atomic E-state index is 13.4. The summed E-state index contributed by atoms with van der Waals surface area (Å²) in [5, 5.41) is 3.16. The summed E-state index contributed by atoms with van der Waals surface area (Å²) < 4.78 is 13.4. The van der Waals surface area contributed by atoms with Crippen LogP contribution in [0.3, 0.4) is 0 Å². The van der Waals surface area contributed by atoms with Gasteiger partial charge in [0.25, 0.3) is 0 Å². The Kier molecular flexibility index (Phi) is 5.50. The van der Waals surface area contributed by atoms with Gasteiger partial charge < -0.3 is 11.1 Å². The average Bonchev–Trinajstić information content (AvgIpc) is 2.68. The molecular formula is C22H23FN4. The van der Waals surface area contributed by atoms with Gasteiger partial charge >= 0.3 is 0 Å². The fourth-order valence-corrected chi connectivity index (χ4v) is 2.75. The normalized spacial score (nSPS) is 11.9. The van der Waals surface area contributed by atoms with Gasteiger partial charge in [-0.15, -0.1) is 0 Å². The second-order valence-corrected chi connectivity index (χ2v) is 6.59. The zero-order valence-corrected chi connectivity index (χ0v) is 15.8. The standard InChI is InChI=1S/C22H23FN4/c1-14-4-7-17(8-5-14)21(24)16(3)20-10-11-25-22(27-20)26-13-18-12-19(23)9-6-15(18)2/h4-12H,13,24H2,1-3H3,(H,25,26,27)/b21-16+. The Hall–Kier alpha value is -3.21. The van der Waals surface area contributed by atoms with E-state index in [1.165, 1.54) is 17.7 Å². The van der Waals surface area contributed by atoms with Crippen LogP contribution in [-0.4, -0.2) is 9.97 Å². The van der Waals surface area contributed by atoms with Crippen molar-refractivity contribution < 1.29 is 4.39 Å². The molecule has 0 spiro atoms. The zero-order valence-electron chi connectivity index (χ0n) is 15.8. The lowest BCUT2D eigenvalue weighted by Gasteiger charge is -2.11. The van der Waals surface area contributed by atoms with Gasteiger partial charge in [0.1, 0.15) is 5.82 Å². The van der Waals surface area contributed by atoms with E-state index in [2.05, 4.69) is 15.3 Å². The summed E-state index contributed by atoms with van der Waals surface area (Å²) in [7, 11) is 0. The topological polar surface area (TPSA) is 63.8 Å². The van der Waals surface area contributed by atoms with E-state index in [0.29, 0.717) is 18.2 Å². The molecule has 0 bridgehead atoms. The molecule has 2 aromatic carbocycles. The molecular weight excluding hydrogens is 339 g/mol. The molecule has 0 atom stereocenters. The molecule has 0 saturated heterocycles. The number of allylic oxidation sites excluding steroid dienone is 1. The smallest absolute Gasteiger partial charge is 0.223 e. The van der Waals surface area contributed by atoms with Crippen molar-refractivity contribution in [3.63, 3.8) is 0 Å². The maximum absolute atomic E-state index is 13.4. The van der Waals surface area contributed by atoms with Gasteiger partial charge in [-0.05, 0) is 61.2 Å². The van der Waals surface area contributed by atoms with Crippen LogP contribution in [0.2, 0.25) is 0 Å². The van der Waals surface area contributed by atoms with E-state index >= 15 is 0 Å². The lowest BCUT2D eigenvalue weighted by molar-refractivity contribution is 0.625. The predicted octanol–water partition coefficient (Wildman–Crippen LogP) is 4.69. The Morgan fingerprint density at radius 2 is 1.81 bits per heavy atom. The van der Waals surface area contributed by atoms with Crippen molar-refractivity contribution >= 4 is 17.2 Å². The van der Waals surface area contributed by atoms with Crippen molar-refractivity contribution in [3.8, 4) is 0 Å². The number of benzene rings is 2. The highest BCUT2D eigenvalue weighted by Crippen LogP contribution is 2.22. The molecule has 0 radical (unpaired) electrons. The van der Waals surface area contributed by atoms with Gasteiger partial charge in [-0.25, -0.2) is 14.4 Å². The molecule has 0 aliphatic rings. The van der Waals surface area contributed by atoms with Gasteiger partial charge in [-0.2, -0.15) is 0 Å². The number of halogens is 1. The number of anilines is 1. The zero-order chi connectivity index (χ0) is 19.4. The number of aryl methyl sites for hydroxylation is 2. The largest absolute Gasteiger partial charge is 0.398 e. The van der Waals surface area contributed by atoms with E-state index in [1.807, 2.05) is 51.1 Å². The van der Waals surface area contributed by atoms with Crippen LogP contribution in [0.5, 0.6) is 0 Å². The van der Waals surface area contributed by atoms with Gasteiger partial charge in [0.2, 0.25) is 5.95 Å². The summed E-state index contributed by atoms with van der Waals surface area (Å²) in [6.45, 7) is 6.38. The number of hydrogen-bond donors (Lipinski definition) is 2. The Morgan fingerprint density at radius 3 is 2.56 bits per heavy atom. The number of rotatable bonds is 5. The first-order valence-electron chi connectivity index (χ1n) is 8.80. The molecule has 27 heavy (non-hydrogen) atoms. The highest BCUT2D eigenvalue weighted by molar-refractivity contribution is 5.87. The molecule has 0 aliphatic carbocycles. The summed E-state index contributed by atoms with van der Waals surface area (Å²) in [4.78, 5) is 8.80. The first-order valence-corrected chi connectivity index (χ1v) is 8.80. The number of hydrogen-bond acceptors (Lipinski definition) is 4. The number of nitrogens with two attached hydrogens (primary N) is 1. The first kappa shape index (κ1) is 18.6. The van der Waals surface area contributed by atoms with E-state index in [9.17, 15) is 4.39 Å². The second kappa shape index (κ2) is 7.99. The van der Waals surface area contributed by atoms with Crippen LogP contribution in [-0.2, 0) is 6.54 Å². The average molecular weight is 362 g/mol. The van der Waals surface area contributed by atoms with Crippen LogP contribution < -0.4 is 11.1 Å². The van der Waals surface area contributed by atoms with Crippen molar-refractivity contribution in [2.45, 2.75) is 27.3 Å². The Labute approximate surface area is 159 Å². The monoisotopic (exact) mass is 362 g/mol. The Bertz CT molecular complexity index is 978. The highest BCUT2D eigenvalue weighted by Gasteiger charge is 2.08. The SMILES string of the molecule is C/C(=C(\N)c1ccc(C)cc1)c1ccnc(NCc2cc(F)ccc2C)n1. The molecule has 0 aliphatic heterocycles. The molecule has 0 fully saturated rings. The summed E-state index contributed by atoms with van der Waals surface area (Å²) in [6, 6.07) is 14.6. The highest BCUT2D eigenvalue weighted by atomic mass is 19.1. The summed E-state index contributed by atoms with van der Waals surface area (Å²) in [5.74, 6) is 0.226. The minimum Gasteiger partial charge on any atom is -0.398 e. The molecule has 3 rings (SSSR count). The fourth-order valence-electron chi connectivity index (χ4n) is 2.75. The molecule has 138 valence electrons. The van der Waals surface area contributed by atoms with Gasteiger partial charge in [-0.1, -0.05) is 35.9 Å². The minimum atomic E-state index is -0.253. The second-order valence-electron chi connectivity index (χ2n) is 6.59. The van der Waals surface area contributed by atoms with E-state index in [0.717, 1.165) is 28.0 Å². The summed E-state index contributed by atoms with van der Waals surface area (Å²) in [6.07, 6.45) is 1.69. The molecule has 3 aromatic rings. The molecule has 0 amide bonds. The van der Waals surface area contributed by atoms with Crippen molar-refractivity contribution in [2.24, 2.45) is 5.73 Å². The number of nitrogens with zero attached hydrogens (tertiary/aromatic N) is 2. The Balaban J connectivity index is 1.81. The van der Waals surface area contributed by atoms with Crippen LogP contribution in [0, 0.1) is 19.7 Å². The third-order valence-electron chi connectivity index (χ3n) is 4.55. The number of nitrogens with one attached hydrogen (secondary N) is 1. The third kappa shape index (κ3) is 4.50. The van der Waals surface area contributed by atoms with Crippen LogP contribution in [0.1, 0.15) is 34.9 Å². The molecule has 1 heterocycles. The molecule has 0 saturated carbocycles. The van der Waals surface area contributed by atoms with Gasteiger partial charge in [0.15, 0.2) is 0 Å². The molecule has 5 heteroatoms. The van der Waals surface area contributed by atoms with Crippen molar-refractivity contribution in [3.05, 3.63) is 88.5 Å². The number of aromatic nitrogens is 2. The van der Waals surface area contributed by atoms with Crippen LogP contribution >= 0.6 is 0 Å². The summed E-state index contributed by atoms with van der Waals surface area (Å²) >= 11 is 0. The first-order chi connectivity index (χ1) is 12.9. The molecule has 4 nitrogen and oxygen atoms in total. The molecule has 3 N–H and O–H groups in total. The quantitative estimate of drug-likeness (QED) is 0.691. The molecule has 1 aromatic heterocycles. The van der Waals surface area contributed by atoms with E-state index in [-0.39, 0.29) is 5.82 Å². The minimum absolute atomic E-state index is 0.253. The van der Waals surface area contributed by atoms with Crippen molar-refractivity contribution in [2.75, 3.05) is 5.32 Å². The van der Waals surface area contributed by atoms with Gasteiger partial charge in [0, 0.05) is 18.4 Å². The van der Waals surface area contributed by atoms with E-state index < -0.39 is 0 Å². The fraction of sp³-hybridized carbons (Fsp3) is 0.182. The molecule has 0 unspecified atom stereocenters. The third-order valence-corrected chi connectivity index (χ3v) is 4.55. The lowest BCUT2D eigenvalue weighted by Crippen LogP contribution is -2.07. The Morgan fingerprint density at radius 1 is 1.07 bits per heavy atom. The summed E-state index contributed by atoms with van der Waals surface area (Å²) in [5.41, 5.74) is 12.7. The van der Waals surface area contributed by atoms with E-state index in [1.54, 1.807) is 12.3 Å². The van der Waals surface area contributed by atoms with Gasteiger partial charge in [0.05, 0.1) is 5.69 Å². The maximum Gasteiger partial charge on any atom is 0.223 e.